The molecular formula is C40H52N2O3. The van der Waals surface area contributed by atoms with Gasteiger partial charge in [0.05, 0.1) is 6.61 Å². The predicted molar refractivity (Wildman–Crippen MR) is 181 cm³/mol. The van der Waals surface area contributed by atoms with Crippen LogP contribution in [-0.2, 0) is 15.9 Å². The monoisotopic (exact) mass is 608 g/mol. The first kappa shape index (κ1) is 31.6. The highest BCUT2D eigenvalue weighted by molar-refractivity contribution is 5.63. The van der Waals surface area contributed by atoms with Gasteiger partial charge in [-0.05, 0) is 54.4 Å². The zero-order chi connectivity index (χ0) is 30.5. The average molecular weight is 609 g/mol. The van der Waals surface area contributed by atoms with Crippen LogP contribution in [0.4, 0.5) is 0 Å². The Balaban J connectivity index is 0.903. The molecule has 1 unspecified atom stereocenters. The van der Waals surface area contributed by atoms with Crippen molar-refractivity contribution in [2.24, 2.45) is 11.8 Å². The highest BCUT2D eigenvalue weighted by Crippen LogP contribution is 2.36. The second kappa shape index (κ2) is 16.8. The van der Waals surface area contributed by atoms with Crippen molar-refractivity contribution < 1.29 is 14.2 Å². The van der Waals surface area contributed by atoms with Crippen LogP contribution in [0.25, 0.3) is 16.9 Å². The fourth-order valence-electron chi connectivity index (χ4n) is 6.40. The van der Waals surface area contributed by atoms with E-state index >= 15 is 0 Å². The number of rotatable bonds is 21. The number of ether oxygens (including phenoxy) is 3. The quantitative estimate of drug-likeness (QED) is 0.113. The Morgan fingerprint density at radius 1 is 0.644 bits per heavy atom. The highest BCUT2D eigenvalue weighted by Gasteiger charge is 2.26. The molecular weight excluding hydrogens is 556 g/mol. The van der Waals surface area contributed by atoms with Crippen molar-refractivity contribution in [1.29, 1.82) is 0 Å². The van der Waals surface area contributed by atoms with Crippen LogP contribution in [0, 0.1) is 11.8 Å². The number of nitrogens with zero attached hydrogens (tertiary/aromatic N) is 2. The first-order chi connectivity index (χ1) is 22.3. The lowest BCUT2D eigenvalue weighted by atomic mass is 9.99. The summed E-state index contributed by atoms with van der Waals surface area (Å²) in [5.74, 6) is 4.15. The Bertz CT molecular complexity index is 1330. The molecule has 2 aromatic carbocycles. The number of benzene rings is 2. The van der Waals surface area contributed by atoms with Crippen LogP contribution in [-0.4, -0.2) is 16.6 Å². The summed E-state index contributed by atoms with van der Waals surface area (Å²) >= 11 is 0. The number of hydrogen-bond acceptors (Lipinski definition) is 5. The Morgan fingerprint density at radius 3 is 1.96 bits per heavy atom. The van der Waals surface area contributed by atoms with Crippen LogP contribution >= 0.6 is 0 Å². The van der Waals surface area contributed by atoms with Gasteiger partial charge in [-0.15, -0.1) is 0 Å². The van der Waals surface area contributed by atoms with E-state index in [0.717, 1.165) is 53.7 Å². The Kier molecular flexibility index (Phi) is 11.8. The topological polar surface area (TPSA) is 53.5 Å². The molecule has 2 aliphatic carbocycles. The van der Waals surface area contributed by atoms with Crippen molar-refractivity contribution in [2.45, 2.75) is 122 Å². The lowest BCUT2D eigenvalue weighted by molar-refractivity contribution is -0.0181. The van der Waals surface area contributed by atoms with Gasteiger partial charge in [-0.25, -0.2) is 9.97 Å². The maximum atomic E-state index is 6.22. The molecule has 240 valence electrons. The molecule has 1 aromatic heterocycles. The van der Waals surface area contributed by atoms with Crippen molar-refractivity contribution in [2.75, 3.05) is 6.61 Å². The molecule has 5 nitrogen and oxygen atoms in total. The van der Waals surface area contributed by atoms with Gasteiger partial charge in [0.2, 0.25) is 5.76 Å². The molecule has 3 aromatic rings. The van der Waals surface area contributed by atoms with Crippen molar-refractivity contribution in [3.05, 3.63) is 84.1 Å². The summed E-state index contributed by atoms with van der Waals surface area (Å²) in [6, 6.07) is 16.7. The van der Waals surface area contributed by atoms with Crippen LogP contribution in [0.2, 0.25) is 0 Å². The molecule has 5 heteroatoms. The maximum Gasteiger partial charge on any atom is 0.267 e. The summed E-state index contributed by atoms with van der Waals surface area (Å²) in [6.45, 7) is 0.781. The molecule has 1 atom stereocenters. The zero-order valence-electron chi connectivity index (χ0n) is 27.1. The minimum atomic E-state index is -0.457. The van der Waals surface area contributed by atoms with Gasteiger partial charge in [0.25, 0.3) is 6.29 Å². The van der Waals surface area contributed by atoms with Gasteiger partial charge in [-0.2, -0.15) is 0 Å². The standard InChI is InChI=1S/C40H52N2O3/c1(2-4-8-14-31-19-20-31)3-5-10-16-34-17-11-12-18-37(34)40-44-30-38(45-40)39-41-28-35(29-42-39)33-23-25-36(26-24-33)43-27-13-7-6-9-15-32-21-22-32/h11-12,17-18,23-26,28-32,40H,1-10,13-16,19-22,27H2. The molecule has 1 aliphatic heterocycles. The summed E-state index contributed by atoms with van der Waals surface area (Å²) in [7, 11) is 0. The van der Waals surface area contributed by atoms with Crippen molar-refractivity contribution in [3.63, 3.8) is 0 Å². The van der Waals surface area contributed by atoms with Gasteiger partial charge in [0.15, 0.2) is 5.82 Å². The first-order valence-electron chi connectivity index (χ1n) is 18.0. The minimum absolute atomic E-state index is 0.457. The molecule has 0 amide bonds. The SMILES string of the molecule is C1=C(c2ncc(-c3ccc(OCCCCCCC4CC4)cc3)cn2)OC(c2ccccc2CCCCCCCCCC2CC2)O1. The van der Waals surface area contributed by atoms with E-state index < -0.39 is 6.29 Å². The summed E-state index contributed by atoms with van der Waals surface area (Å²) in [5.41, 5.74) is 4.41. The Hall–Kier alpha value is -3.34. The molecule has 6 rings (SSSR count). The third-order valence-corrected chi connectivity index (χ3v) is 9.63. The maximum absolute atomic E-state index is 6.22. The Labute approximate surface area is 270 Å². The van der Waals surface area contributed by atoms with E-state index in [2.05, 4.69) is 46.4 Å². The normalized spacial score (nSPS) is 17.5. The number of unbranched alkanes of at least 4 members (excludes halogenated alkanes) is 9. The van der Waals surface area contributed by atoms with Crippen LogP contribution in [0.15, 0.2) is 67.2 Å². The van der Waals surface area contributed by atoms with Crippen LogP contribution in [0.3, 0.4) is 0 Å². The second-order valence-corrected chi connectivity index (χ2v) is 13.5. The molecule has 2 saturated carbocycles. The third kappa shape index (κ3) is 10.3. The zero-order valence-corrected chi connectivity index (χ0v) is 27.1. The molecule has 0 N–H and O–H groups in total. The van der Waals surface area contributed by atoms with Gasteiger partial charge in [-0.3, -0.25) is 0 Å². The number of hydrogen-bond donors (Lipinski definition) is 0. The lowest BCUT2D eigenvalue weighted by Gasteiger charge is -2.16. The second-order valence-electron chi connectivity index (χ2n) is 13.5. The fourth-order valence-corrected chi connectivity index (χ4v) is 6.40. The Morgan fingerprint density at radius 2 is 1.27 bits per heavy atom. The average Bonchev–Trinajstić information content (AvgIpc) is 4.03. The van der Waals surface area contributed by atoms with Crippen LogP contribution in [0.1, 0.15) is 132 Å². The van der Waals surface area contributed by atoms with E-state index in [9.17, 15) is 0 Å². The molecule has 2 heterocycles. The molecule has 0 saturated heterocycles. The highest BCUT2D eigenvalue weighted by atomic mass is 16.7. The molecule has 0 radical (unpaired) electrons. The number of aryl methyl sites for hydroxylation is 1. The van der Waals surface area contributed by atoms with Crippen molar-refractivity contribution in [3.8, 4) is 16.9 Å². The summed E-state index contributed by atoms with van der Waals surface area (Å²) in [6.07, 6.45) is 29.3. The summed E-state index contributed by atoms with van der Waals surface area (Å²) in [4.78, 5) is 9.20. The third-order valence-electron chi connectivity index (χ3n) is 9.63. The smallest absolute Gasteiger partial charge is 0.267 e. The van der Waals surface area contributed by atoms with E-state index in [0.29, 0.717) is 11.6 Å². The molecule has 45 heavy (non-hydrogen) atoms. The van der Waals surface area contributed by atoms with E-state index in [1.807, 2.05) is 24.5 Å². The van der Waals surface area contributed by atoms with E-state index in [1.54, 1.807) is 6.26 Å². The summed E-state index contributed by atoms with van der Waals surface area (Å²) < 4.78 is 18.2. The van der Waals surface area contributed by atoms with Crippen molar-refractivity contribution >= 4 is 5.76 Å². The van der Waals surface area contributed by atoms with E-state index in [-0.39, 0.29) is 0 Å². The fraction of sp³-hybridized carbons (Fsp3) is 0.550. The first-order valence-corrected chi connectivity index (χ1v) is 18.0. The molecule has 2 fully saturated rings. The van der Waals surface area contributed by atoms with Crippen LogP contribution < -0.4 is 4.74 Å². The van der Waals surface area contributed by atoms with Gasteiger partial charge in [0, 0.05) is 23.5 Å². The number of aromatic nitrogens is 2. The molecule has 0 bridgehead atoms. The van der Waals surface area contributed by atoms with Gasteiger partial charge in [0.1, 0.15) is 12.0 Å². The predicted octanol–water partition coefficient (Wildman–Crippen LogP) is 11.0. The lowest BCUT2D eigenvalue weighted by Crippen LogP contribution is -2.04. The van der Waals surface area contributed by atoms with Gasteiger partial charge in [-0.1, -0.05) is 133 Å². The largest absolute Gasteiger partial charge is 0.494 e. The summed E-state index contributed by atoms with van der Waals surface area (Å²) in [5, 5.41) is 0. The minimum Gasteiger partial charge on any atom is -0.494 e. The van der Waals surface area contributed by atoms with E-state index in [1.165, 1.54) is 108 Å². The molecule has 3 aliphatic rings. The van der Waals surface area contributed by atoms with E-state index in [4.69, 9.17) is 14.2 Å². The van der Waals surface area contributed by atoms with Gasteiger partial charge >= 0.3 is 0 Å². The van der Waals surface area contributed by atoms with Crippen LogP contribution in [0.5, 0.6) is 5.75 Å². The molecule has 0 spiro atoms. The van der Waals surface area contributed by atoms with Gasteiger partial charge < -0.3 is 14.2 Å². The van der Waals surface area contributed by atoms with Crippen molar-refractivity contribution in [1.82, 2.24) is 9.97 Å².